The highest BCUT2D eigenvalue weighted by Gasteiger charge is 2.30. The summed E-state index contributed by atoms with van der Waals surface area (Å²) < 4.78 is 0. The highest BCUT2D eigenvalue weighted by atomic mass is 35.5. The van der Waals surface area contributed by atoms with Crippen molar-refractivity contribution in [3.8, 4) is 0 Å². The van der Waals surface area contributed by atoms with Crippen LogP contribution in [0, 0.1) is 5.92 Å². The van der Waals surface area contributed by atoms with Gasteiger partial charge in [0.1, 0.15) is 0 Å². The molecule has 0 spiro atoms. The van der Waals surface area contributed by atoms with Gasteiger partial charge in [0.05, 0.1) is 0 Å². The fourth-order valence-corrected chi connectivity index (χ4v) is 2.84. The molecule has 1 aromatic rings. The topological polar surface area (TPSA) is 12.0 Å². The third-order valence-electron chi connectivity index (χ3n) is 3.13. The smallest absolute Gasteiger partial charge is 0.0455 e. The minimum atomic E-state index is 0.633. The molecule has 3 heteroatoms. The molecule has 1 aromatic carbocycles. The average molecular weight is 244 g/mol. The van der Waals surface area contributed by atoms with Gasteiger partial charge < -0.3 is 5.32 Å². The van der Waals surface area contributed by atoms with Gasteiger partial charge in [0.15, 0.2) is 0 Å². The van der Waals surface area contributed by atoms with Crippen LogP contribution in [-0.2, 0) is 0 Å². The van der Waals surface area contributed by atoms with Crippen LogP contribution in [0.3, 0.4) is 0 Å². The molecule has 1 saturated carbocycles. The summed E-state index contributed by atoms with van der Waals surface area (Å²) >= 11 is 12.0. The standard InChI is InChI=1S/C12H15Cl2N/c1-15-7-8-4-9(5-8)11-3-2-10(13)6-12(11)14/h2-3,6,8-9,15H,4-5,7H2,1H3. The normalized spacial score (nSPS) is 25.0. The third-order valence-corrected chi connectivity index (χ3v) is 3.69. The first-order valence-electron chi connectivity index (χ1n) is 5.30. The van der Waals surface area contributed by atoms with E-state index in [2.05, 4.69) is 11.4 Å². The van der Waals surface area contributed by atoms with E-state index in [0.29, 0.717) is 5.92 Å². The van der Waals surface area contributed by atoms with Crippen LogP contribution < -0.4 is 5.32 Å². The third kappa shape index (κ3) is 2.47. The lowest BCUT2D eigenvalue weighted by Crippen LogP contribution is -2.30. The molecule has 0 heterocycles. The number of benzene rings is 1. The summed E-state index contributed by atoms with van der Waals surface area (Å²) in [5.74, 6) is 1.44. The van der Waals surface area contributed by atoms with Crippen LogP contribution >= 0.6 is 23.2 Å². The number of nitrogens with one attached hydrogen (secondary N) is 1. The Bertz CT molecular complexity index is 345. The van der Waals surface area contributed by atoms with Gasteiger partial charge in [-0.05, 0) is 56.0 Å². The van der Waals surface area contributed by atoms with Crippen molar-refractivity contribution in [2.24, 2.45) is 5.92 Å². The monoisotopic (exact) mass is 243 g/mol. The van der Waals surface area contributed by atoms with Crippen molar-refractivity contribution in [2.75, 3.05) is 13.6 Å². The van der Waals surface area contributed by atoms with Crippen molar-refractivity contribution in [1.29, 1.82) is 0 Å². The molecule has 2 rings (SSSR count). The molecule has 1 aliphatic rings. The first-order valence-corrected chi connectivity index (χ1v) is 6.06. The molecule has 0 aromatic heterocycles. The molecule has 15 heavy (non-hydrogen) atoms. The molecule has 1 N–H and O–H groups in total. The Morgan fingerprint density at radius 1 is 1.33 bits per heavy atom. The first-order chi connectivity index (χ1) is 7.20. The van der Waals surface area contributed by atoms with E-state index < -0.39 is 0 Å². The quantitative estimate of drug-likeness (QED) is 0.854. The second-order valence-electron chi connectivity index (χ2n) is 4.26. The molecule has 0 unspecified atom stereocenters. The van der Waals surface area contributed by atoms with Crippen LogP contribution in [0.25, 0.3) is 0 Å². The molecule has 1 aliphatic carbocycles. The van der Waals surface area contributed by atoms with Crippen molar-refractivity contribution in [1.82, 2.24) is 5.32 Å². The zero-order valence-electron chi connectivity index (χ0n) is 8.76. The Labute approximate surface area is 101 Å². The van der Waals surface area contributed by atoms with Gasteiger partial charge in [-0.1, -0.05) is 29.3 Å². The lowest BCUT2D eigenvalue weighted by Gasteiger charge is -2.36. The first kappa shape index (κ1) is 11.3. The second kappa shape index (κ2) is 4.73. The SMILES string of the molecule is CNCC1CC(c2ccc(Cl)cc2Cl)C1. The summed E-state index contributed by atoms with van der Waals surface area (Å²) in [7, 11) is 2.00. The maximum Gasteiger partial charge on any atom is 0.0455 e. The molecule has 0 amide bonds. The van der Waals surface area contributed by atoms with E-state index in [9.17, 15) is 0 Å². The molecule has 0 aliphatic heterocycles. The Balaban J connectivity index is 2.01. The van der Waals surface area contributed by atoms with Gasteiger partial charge in [-0.2, -0.15) is 0 Å². The Morgan fingerprint density at radius 3 is 2.67 bits per heavy atom. The Kier molecular flexibility index (Phi) is 3.55. The van der Waals surface area contributed by atoms with Crippen LogP contribution in [0.15, 0.2) is 18.2 Å². The highest BCUT2D eigenvalue weighted by Crippen LogP contribution is 2.44. The fourth-order valence-electron chi connectivity index (χ4n) is 2.28. The van der Waals surface area contributed by atoms with Crippen molar-refractivity contribution < 1.29 is 0 Å². The van der Waals surface area contributed by atoms with E-state index in [1.165, 1.54) is 18.4 Å². The molecule has 1 nitrogen and oxygen atoms in total. The Morgan fingerprint density at radius 2 is 2.07 bits per heavy atom. The van der Waals surface area contributed by atoms with Crippen molar-refractivity contribution in [3.63, 3.8) is 0 Å². The molecule has 0 atom stereocenters. The van der Waals surface area contributed by atoms with Crippen LogP contribution in [0.4, 0.5) is 0 Å². The average Bonchev–Trinajstić information content (AvgIpc) is 2.12. The number of hydrogen-bond acceptors (Lipinski definition) is 1. The van der Waals surface area contributed by atoms with Crippen LogP contribution in [0.1, 0.15) is 24.3 Å². The highest BCUT2D eigenvalue weighted by molar-refractivity contribution is 6.35. The largest absolute Gasteiger partial charge is 0.319 e. The molecule has 0 radical (unpaired) electrons. The predicted molar refractivity (Wildman–Crippen MR) is 65.9 cm³/mol. The van der Waals surface area contributed by atoms with Gasteiger partial charge >= 0.3 is 0 Å². The summed E-state index contributed by atoms with van der Waals surface area (Å²) in [4.78, 5) is 0. The zero-order valence-corrected chi connectivity index (χ0v) is 10.3. The van der Waals surface area contributed by atoms with E-state index in [1.807, 2.05) is 19.2 Å². The van der Waals surface area contributed by atoms with Crippen molar-refractivity contribution in [3.05, 3.63) is 33.8 Å². The summed E-state index contributed by atoms with van der Waals surface area (Å²) in [5, 5.41) is 4.74. The summed E-state index contributed by atoms with van der Waals surface area (Å²) in [5.41, 5.74) is 1.26. The molecule has 0 saturated heterocycles. The van der Waals surface area contributed by atoms with Gasteiger partial charge in [-0.25, -0.2) is 0 Å². The maximum absolute atomic E-state index is 6.16. The summed E-state index contributed by atoms with van der Waals surface area (Å²) in [6.07, 6.45) is 2.48. The molecule has 82 valence electrons. The fraction of sp³-hybridized carbons (Fsp3) is 0.500. The number of halogens is 2. The number of hydrogen-bond donors (Lipinski definition) is 1. The second-order valence-corrected chi connectivity index (χ2v) is 5.10. The molecular formula is C12H15Cl2N. The van der Waals surface area contributed by atoms with E-state index in [0.717, 1.165) is 22.5 Å². The van der Waals surface area contributed by atoms with Crippen molar-refractivity contribution in [2.45, 2.75) is 18.8 Å². The summed E-state index contributed by atoms with van der Waals surface area (Å²) in [6, 6.07) is 5.82. The van der Waals surface area contributed by atoms with E-state index in [4.69, 9.17) is 23.2 Å². The van der Waals surface area contributed by atoms with Gasteiger partial charge in [-0.3, -0.25) is 0 Å². The molecule has 1 fully saturated rings. The lowest BCUT2D eigenvalue weighted by atomic mass is 9.71. The molecular weight excluding hydrogens is 229 g/mol. The van der Waals surface area contributed by atoms with E-state index >= 15 is 0 Å². The van der Waals surface area contributed by atoms with Crippen LogP contribution in [0.5, 0.6) is 0 Å². The Hall–Kier alpha value is -0.240. The van der Waals surface area contributed by atoms with Gasteiger partial charge in [0, 0.05) is 10.0 Å². The predicted octanol–water partition coefficient (Wildman–Crippen LogP) is 3.71. The maximum atomic E-state index is 6.16. The number of rotatable bonds is 3. The van der Waals surface area contributed by atoms with Crippen molar-refractivity contribution >= 4 is 23.2 Å². The minimum absolute atomic E-state index is 0.633. The van der Waals surface area contributed by atoms with E-state index in [-0.39, 0.29) is 0 Å². The van der Waals surface area contributed by atoms with Gasteiger partial charge in [0.25, 0.3) is 0 Å². The van der Waals surface area contributed by atoms with E-state index in [1.54, 1.807) is 0 Å². The minimum Gasteiger partial charge on any atom is -0.319 e. The van der Waals surface area contributed by atoms with Crippen LogP contribution in [-0.4, -0.2) is 13.6 Å². The zero-order chi connectivity index (χ0) is 10.8. The van der Waals surface area contributed by atoms with Gasteiger partial charge in [0.2, 0.25) is 0 Å². The summed E-state index contributed by atoms with van der Waals surface area (Å²) in [6.45, 7) is 1.11. The van der Waals surface area contributed by atoms with Gasteiger partial charge in [-0.15, -0.1) is 0 Å². The molecule has 0 bridgehead atoms. The lowest BCUT2D eigenvalue weighted by molar-refractivity contribution is 0.259. The van der Waals surface area contributed by atoms with Crippen LogP contribution in [0.2, 0.25) is 10.0 Å².